The molecule has 1 aromatic heterocycles. The summed E-state index contributed by atoms with van der Waals surface area (Å²) in [5.74, 6) is 0.303. The number of nitrogens with zero attached hydrogens (tertiary/aromatic N) is 3. The van der Waals surface area contributed by atoms with Gasteiger partial charge in [0.2, 0.25) is 0 Å². The van der Waals surface area contributed by atoms with Gasteiger partial charge in [-0.2, -0.15) is 0 Å². The molecule has 0 unspecified atom stereocenters. The molecule has 164 valence electrons. The fourth-order valence-corrected chi connectivity index (χ4v) is 4.59. The second kappa shape index (κ2) is 10.2. The Kier molecular flexibility index (Phi) is 7.11. The highest BCUT2D eigenvalue weighted by molar-refractivity contribution is 7.22. The maximum absolute atomic E-state index is 13.7. The Hall–Kier alpha value is -2.55. The molecule has 0 saturated carbocycles. The van der Waals surface area contributed by atoms with Crippen LogP contribution in [0.2, 0.25) is 0 Å². The van der Waals surface area contributed by atoms with Crippen molar-refractivity contribution in [1.82, 2.24) is 9.88 Å². The van der Waals surface area contributed by atoms with Crippen LogP contribution in [0, 0.1) is 5.82 Å². The zero-order valence-electron chi connectivity index (χ0n) is 17.6. The molecule has 0 bridgehead atoms. The van der Waals surface area contributed by atoms with Crippen LogP contribution < -0.4 is 9.64 Å². The molecule has 1 fully saturated rings. The first kappa shape index (κ1) is 21.7. The van der Waals surface area contributed by atoms with Gasteiger partial charge in [-0.3, -0.25) is 14.6 Å². The molecule has 0 aliphatic carbocycles. The number of carbonyl (C=O) groups is 1. The Morgan fingerprint density at radius 3 is 2.74 bits per heavy atom. The SMILES string of the molecule is CCOc1ccc(C(=O)N(CCCN2CCOCC2)c2nc3ccc(F)cc3s2)cc1. The van der Waals surface area contributed by atoms with Crippen LogP contribution in [0.3, 0.4) is 0 Å². The van der Waals surface area contributed by atoms with Crippen LogP contribution in [0.5, 0.6) is 5.75 Å². The number of thiazole rings is 1. The minimum atomic E-state index is -0.306. The van der Waals surface area contributed by atoms with Gasteiger partial charge in [-0.05, 0) is 55.8 Å². The van der Waals surface area contributed by atoms with Crippen molar-refractivity contribution >= 4 is 32.6 Å². The largest absolute Gasteiger partial charge is 0.494 e. The fourth-order valence-electron chi connectivity index (χ4n) is 3.58. The minimum absolute atomic E-state index is 0.121. The third-order valence-electron chi connectivity index (χ3n) is 5.19. The topological polar surface area (TPSA) is 54.9 Å². The van der Waals surface area contributed by atoms with Gasteiger partial charge in [-0.1, -0.05) is 11.3 Å². The molecule has 0 spiro atoms. The Balaban J connectivity index is 1.55. The van der Waals surface area contributed by atoms with E-state index in [1.54, 1.807) is 35.2 Å². The number of hydrogen-bond donors (Lipinski definition) is 0. The molecule has 1 aliphatic heterocycles. The molecule has 1 amide bonds. The zero-order chi connectivity index (χ0) is 21.6. The fraction of sp³-hybridized carbons (Fsp3) is 0.391. The Bertz CT molecular complexity index is 1020. The van der Waals surface area contributed by atoms with Gasteiger partial charge in [-0.25, -0.2) is 9.37 Å². The molecule has 3 aromatic rings. The third kappa shape index (κ3) is 5.39. The lowest BCUT2D eigenvalue weighted by molar-refractivity contribution is 0.0376. The van der Waals surface area contributed by atoms with E-state index in [1.807, 2.05) is 6.92 Å². The summed E-state index contributed by atoms with van der Waals surface area (Å²) in [6.07, 6.45) is 0.813. The lowest BCUT2D eigenvalue weighted by Crippen LogP contribution is -2.39. The highest BCUT2D eigenvalue weighted by Gasteiger charge is 2.22. The summed E-state index contributed by atoms with van der Waals surface area (Å²) in [5, 5.41) is 0.585. The van der Waals surface area contributed by atoms with Gasteiger partial charge in [0, 0.05) is 31.7 Å². The Labute approximate surface area is 185 Å². The number of halogens is 1. The average Bonchev–Trinajstić information content (AvgIpc) is 3.20. The van der Waals surface area contributed by atoms with E-state index in [1.165, 1.54) is 23.5 Å². The monoisotopic (exact) mass is 443 g/mol. The molecule has 0 atom stereocenters. The first-order valence-electron chi connectivity index (χ1n) is 10.5. The molecule has 0 N–H and O–H groups in total. The standard InChI is InChI=1S/C23H26FN3O3S/c1-2-30-19-7-4-17(5-8-19)22(28)27(11-3-10-26-12-14-29-15-13-26)23-25-20-9-6-18(24)16-21(20)31-23/h4-9,16H,2-3,10-15H2,1H3. The van der Waals surface area contributed by atoms with Crippen molar-refractivity contribution in [2.45, 2.75) is 13.3 Å². The number of rotatable bonds is 8. The van der Waals surface area contributed by atoms with Crippen LogP contribution in [0.4, 0.5) is 9.52 Å². The van der Waals surface area contributed by atoms with Crippen LogP contribution in [-0.2, 0) is 4.74 Å². The first-order valence-corrected chi connectivity index (χ1v) is 11.4. The summed E-state index contributed by atoms with van der Waals surface area (Å²) >= 11 is 1.34. The van der Waals surface area contributed by atoms with E-state index < -0.39 is 0 Å². The molecule has 8 heteroatoms. The molecule has 6 nitrogen and oxygen atoms in total. The second-order valence-corrected chi connectivity index (χ2v) is 8.34. The lowest BCUT2D eigenvalue weighted by Gasteiger charge is -2.27. The van der Waals surface area contributed by atoms with E-state index in [2.05, 4.69) is 9.88 Å². The van der Waals surface area contributed by atoms with E-state index in [0.717, 1.165) is 49.7 Å². The highest BCUT2D eigenvalue weighted by Crippen LogP contribution is 2.30. The molecule has 0 radical (unpaired) electrons. The van der Waals surface area contributed by atoms with Crippen molar-refractivity contribution in [3.63, 3.8) is 0 Å². The van der Waals surface area contributed by atoms with Crippen LogP contribution in [0.1, 0.15) is 23.7 Å². The number of aromatic nitrogens is 1. The van der Waals surface area contributed by atoms with Gasteiger partial charge in [0.25, 0.3) is 5.91 Å². The van der Waals surface area contributed by atoms with Gasteiger partial charge in [-0.15, -0.1) is 0 Å². The summed E-state index contributed by atoms with van der Waals surface area (Å²) < 4.78 is 25.3. The molecule has 2 heterocycles. The maximum Gasteiger partial charge on any atom is 0.260 e. The van der Waals surface area contributed by atoms with Crippen molar-refractivity contribution < 1.29 is 18.7 Å². The van der Waals surface area contributed by atoms with Gasteiger partial charge < -0.3 is 9.47 Å². The van der Waals surface area contributed by atoms with Crippen LogP contribution in [0.25, 0.3) is 10.2 Å². The quantitative estimate of drug-likeness (QED) is 0.522. The predicted molar refractivity (Wildman–Crippen MR) is 121 cm³/mol. The number of morpholine rings is 1. The van der Waals surface area contributed by atoms with E-state index in [-0.39, 0.29) is 11.7 Å². The van der Waals surface area contributed by atoms with Gasteiger partial charge >= 0.3 is 0 Å². The Morgan fingerprint density at radius 2 is 2.00 bits per heavy atom. The van der Waals surface area contributed by atoms with Crippen LogP contribution in [0.15, 0.2) is 42.5 Å². The molecule has 1 aliphatic rings. The van der Waals surface area contributed by atoms with E-state index in [9.17, 15) is 9.18 Å². The smallest absolute Gasteiger partial charge is 0.260 e. The molecule has 31 heavy (non-hydrogen) atoms. The van der Waals surface area contributed by atoms with Crippen LogP contribution in [-0.4, -0.2) is 61.8 Å². The molecule has 2 aromatic carbocycles. The Morgan fingerprint density at radius 1 is 1.23 bits per heavy atom. The second-order valence-electron chi connectivity index (χ2n) is 7.33. The van der Waals surface area contributed by atoms with Crippen LogP contribution >= 0.6 is 11.3 Å². The van der Waals surface area contributed by atoms with E-state index in [4.69, 9.17) is 9.47 Å². The molecule has 1 saturated heterocycles. The summed E-state index contributed by atoms with van der Waals surface area (Å²) in [5.41, 5.74) is 1.26. The minimum Gasteiger partial charge on any atom is -0.494 e. The normalized spacial score (nSPS) is 14.6. The number of hydrogen-bond acceptors (Lipinski definition) is 6. The van der Waals surface area contributed by atoms with Crippen molar-refractivity contribution in [3.8, 4) is 5.75 Å². The number of ether oxygens (including phenoxy) is 2. The summed E-state index contributed by atoms with van der Waals surface area (Å²) in [4.78, 5) is 22.0. The summed E-state index contributed by atoms with van der Waals surface area (Å²) in [6, 6.07) is 11.7. The lowest BCUT2D eigenvalue weighted by atomic mass is 10.2. The number of fused-ring (bicyclic) bond motifs is 1. The maximum atomic E-state index is 13.7. The highest BCUT2D eigenvalue weighted by atomic mass is 32.1. The van der Waals surface area contributed by atoms with E-state index >= 15 is 0 Å². The van der Waals surface area contributed by atoms with E-state index in [0.29, 0.717) is 29.4 Å². The van der Waals surface area contributed by atoms with Crippen molar-refractivity contribution in [2.75, 3.05) is 50.9 Å². The third-order valence-corrected chi connectivity index (χ3v) is 6.23. The number of anilines is 1. The summed E-state index contributed by atoms with van der Waals surface area (Å²) in [7, 11) is 0. The van der Waals surface area contributed by atoms with Crippen molar-refractivity contribution in [2.24, 2.45) is 0 Å². The molecular formula is C23H26FN3O3S. The van der Waals surface area contributed by atoms with Gasteiger partial charge in [0.15, 0.2) is 5.13 Å². The van der Waals surface area contributed by atoms with Crippen molar-refractivity contribution in [3.05, 3.63) is 53.8 Å². The molecule has 4 rings (SSSR count). The summed E-state index contributed by atoms with van der Waals surface area (Å²) in [6.45, 7) is 7.23. The molecular weight excluding hydrogens is 417 g/mol. The number of benzene rings is 2. The van der Waals surface area contributed by atoms with Gasteiger partial charge in [0.1, 0.15) is 11.6 Å². The number of carbonyl (C=O) groups excluding carboxylic acids is 1. The predicted octanol–water partition coefficient (Wildman–Crippen LogP) is 4.20. The number of amides is 1. The average molecular weight is 444 g/mol. The van der Waals surface area contributed by atoms with Gasteiger partial charge in [0.05, 0.1) is 30.0 Å². The van der Waals surface area contributed by atoms with Crippen molar-refractivity contribution in [1.29, 1.82) is 0 Å². The first-order chi connectivity index (χ1) is 15.1. The zero-order valence-corrected chi connectivity index (χ0v) is 18.4.